The van der Waals surface area contributed by atoms with Crippen molar-refractivity contribution in [3.63, 3.8) is 0 Å². The molecule has 0 radical (unpaired) electrons. The first-order chi connectivity index (χ1) is 24.2. The van der Waals surface area contributed by atoms with Crippen molar-refractivity contribution < 1.29 is 4.42 Å². The number of nitriles is 1. The molecule has 0 saturated heterocycles. The maximum Gasteiger partial charge on any atom is 0.189 e. The van der Waals surface area contributed by atoms with Crippen molar-refractivity contribution in [2.75, 3.05) is 0 Å². The maximum atomic E-state index is 10.2. The minimum Gasteiger partial charge on any atom is -0.454 e. The molecule has 3 aromatic heterocycles. The van der Waals surface area contributed by atoms with Gasteiger partial charge in [-0.3, -0.25) is 0 Å². The lowest BCUT2D eigenvalue weighted by atomic mass is 9.98. The summed E-state index contributed by atoms with van der Waals surface area (Å²) in [7, 11) is 0. The molecule has 0 amide bonds. The molecule has 0 atom stereocenters. The van der Waals surface area contributed by atoms with Crippen LogP contribution in [0.2, 0.25) is 0 Å². The van der Waals surface area contributed by atoms with Gasteiger partial charge >= 0.3 is 0 Å². The number of para-hydroxylation sites is 4. The van der Waals surface area contributed by atoms with Gasteiger partial charge in [-0.05, 0) is 54.6 Å². The summed E-state index contributed by atoms with van der Waals surface area (Å²) < 4.78 is 11.2. The van der Waals surface area contributed by atoms with E-state index < -0.39 is 0 Å². The number of hydrogen-bond acceptors (Lipinski definition) is 2. The van der Waals surface area contributed by atoms with Crippen LogP contribution in [-0.2, 0) is 0 Å². The van der Waals surface area contributed by atoms with E-state index in [2.05, 4.69) is 111 Å². The van der Waals surface area contributed by atoms with Gasteiger partial charge in [0.1, 0.15) is 5.58 Å². The first-order valence-corrected chi connectivity index (χ1v) is 16.1. The molecular weight excluding hydrogens is 601 g/mol. The number of benzene rings is 7. The Bertz CT molecular complexity index is 3030. The first kappa shape index (κ1) is 27.1. The lowest BCUT2D eigenvalue weighted by Gasteiger charge is -2.19. The molecule has 0 aliphatic heterocycles. The van der Waals surface area contributed by atoms with Crippen LogP contribution < -0.4 is 0 Å². The molecule has 3 heterocycles. The SMILES string of the molecule is [C-]#[N+]c1ccc(-c2cc(C#N)ccc2-n2c3ccccc3c3ccc4c5ccccc5oc4c32)c(-n2c3ccccc3c3ccccc32)c1. The average Bonchev–Trinajstić information content (AvgIpc) is 3.82. The molecule has 0 unspecified atom stereocenters. The third kappa shape index (κ3) is 3.79. The predicted octanol–water partition coefficient (Wildman–Crippen LogP) is 11.9. The molecule has 0 bridgehead atoms. The van der Waals surface area contributed by atoms with Crippen molar-refractivity contribution in [2.45, 2.75) is 0 Å². The third-order valence-electron chi connectivity index (χ3n) is 9.77. The van der Waals surface area contributed by atoms with Crippen molar-refractivity contribution in [1.29, 1.82) is 5.26 Å². The van der Waals surface area contributed by atoms with Crippen molar-refractivity contribution in [3.8, 4) is 28.6 Å². The summed E-state index contributed by atoms with van der Waals surface area (Å²) >= 11 is 0. The molecule has 5 heteroatoms. The second kappa shape index (κ2) is 10.2. The van der Waals surface area contributed by atoms with E-state index >= 15 is 0 Å². The fourth-order valence-electron chi connectivity index (χ4n) is 7.68. The molecule has 49 heavy (non-hydrogen) atoms. The van der Waals surface area contributed by atoms with E-state index in [1.54, 1.807) is 0 Å². The number of hydrogen-bond donors (Lipinski definition) is 0. The van der Waals surface area contributed by atoms with E-state index in [0.29, 0.717) is 11.3 Å². The van der Waals surface area contributed by atoms with E-state index in [1.807, 2.05) is 54.6 Å². The molecule has 10 rings (SSSR count). The van der Waals surface area contributed by atoms with E-state index in [0.717, 1.165) is 88.1 Å². The van der Waals surface area contributed by atoms with Gasteiger partial charge in [0.05, 0.1) is 46.0 Å². The summed E-state index contributed by atoms with van der Waals surface area (Å²) in [6.45, 7) is 7.95. The van der Waals surface area contributed by atoms with Gasteiger partial charge in [-0.2, -0.15) is 5.26 Å². The molecule has 7 aromatic carbocycles. The molecular formula is C44H24N4O. The van der Waals surface area contributed by atoms with Crippen molar-refractivity contribution >= 4 is 71.2 Å². The Morgan fingerprint density at radius 1 is 0.531 bits per heavy atom. The monoisotopic (exact) mass is 624 g/mol. The maximum absolute atomic E-state index is 10.2. The smallest absolute Gasteiger partial charge is 0.189 e. The number of rotatable bonds is 3. The lowest BCUT2D eigenvalue weighted by Crippen LogP contribution is -2.02. The van der Waals surface area contributed by atoms with Gasteiger partial charge in [-0.25, -0.2) is 4.85 Å². The third-order valence-corrected chi connectivity index (χ3v) is 9.77. The van der Waals surface area contributed by atoms with Gasteiger partial charge in [0.15, 0.2) is 11.3 Å². The van der Waals surface area contributed by atoms with Crippen LogP contribution in [0.4, 0.5) is 5.69 Å². The summed E-state index contributed by atoms with van der Waals surface area (Å²) in [5, 5.41) is 16.8. The van der Waals surface area contributed by atoms with Crippen molar-refractivity contribution in [2.24, 2.45) is 0 Å². The highest BCUT2D eigenvalue weighted by Gasteiger charge is 2.23. The Kier molecular flexibility index (Phi) is 5.64. The van der Waals surface area contributed by atoms with E-state index in [-0.39, 0.29) is 0 Å². The molecule has 0 saturated carbocycles. The summed E-state index contributed by atoms with van der Waals surface area (Å²) in [5.74, 6) is 0. The number of nitrogens with zero attached hydrogens (tertiary/aromatic N) is 4. The second-order valence-corrected chi connectivity index (χ2v) is 12.3. The lowest BCUT2D eigenvalue weighted by molar-refractivity contribution is 0.671. The Morgan fingerprint density at radius 3 is 1.84 bits per heavy atom. The predicted molar refractivity (Wildman–Crippen MR) is 199 cm³/mol. The van der Waals surface area contributed by atoms with Crippen LogP contribution in [0, 0.1) is 17.9 Å². The van der Waals surface area contributed by atoms with Gasteiger partial charge in [-0.15, -0.1) is 0 Å². The first-order valence-electron chi connectivity index (χ1n) is 16.1. The zero-order valence-electron chi connectivity index (χ0n) is 26.1. The Morgan fingerprint density at radius 2 is 1.14 bits per heavy atom. The average molecular weight is 625 g/mol. The van der Waals surface area contributed by atoms with Gasteiger partial charge < -0.3 is 13.6 Å². The normalized spacial score (nSPS) is 11.6. The minimum atomic E-state index is 0.541. The van der Waals surface area contributed by atoms with Crippen LogP contribution >= 0.6 is 0 Å². The summed E-state index contributed by atoms with van der Waals surface area (Å²) in [4.78, 5) is 3.85. The zero-order valence-corrected chi connectivity index (χ0v) is 26.1. The van der Waals surface area contributed by atoms with Gasteiger partial charge in [-0.1, -0.05) is 91.0 Å². The number of furan rings is 1. The molecule has 0 aliphatic rings. The van der Waals surface area contributed by atoms with Crippen molar-refractivity contribution in [1.82, 2.24) is 9.13 Å². The fourth-order valence-corrected chi connectivity index (χ4v) is 7.68. The second-order valence-electron chi connectivity index (χ2n) is 12.3. The largest absolute Gasteiger partial charge is 0.454 e. The molecule has 226 valence electrons. The summed E-state index contributed by atoms with van der Waals surface area (Å²) in [5.41, 5.74) is 10.4. The fraction of sp³-hybridized carbons (Fsp3) is 0. The van der Waals surface area contributed by atoms with Crippen LogP contribution in [0.15, 0.2) is 150 Å². The number of aromatic nitrogens is 2. The van der Waals surface area contributed by atoms with E-state index in [1.165, 1.54) is 0 Å². The van der Waals surface area contributed by atoms with Gasteiger partial charge in [0, 0.05) is 49.1 Å². The molecule has 0 spiro atoms. The minimum absolute atomic E-state index is 0.541. The molecule has 0 aliphatic carbocycles. The number of fused-ring (bicyclic) bond motifs is 10. The van der Waals surface area contributed by atoms with E-state index in [9.17, 15) is 5.26 Å². The standard InChI is InChI=1S/C44H24N4O/c1-46-28-19-20-32(41(25-28)47-37-14-6-2-10-29(37)30-11-3-7-15-38(30)47)36-24-27(26-45)18-23-40(36)48-39-16-8-4-12-31(39)34-21-22-35-33-13-5-9-17-42(33)49-44(35)43(34)48/h2-25H. The Hall–Kier alpha value is -7.08. The molecule has 5 nitrogen and oxygen atoms in total. The van der Waals surface area contributed by atoms with Crippen LogP contribution in [0.1, 0.15) is 5.56 Å². The van der Waals surface area contributed by atoms with Crippen LogP contribution in [0.3, 0.4) is 0 Å². The Labute approximate surface area is 280 Å². The highest BCUT2D eigenvalue weighted by Crippen LogP contribution is 2.44. The highest BCUT2D eigenvalue weighted by atomic mass is 16.3. The van der Waals surface area contributed by atoms with Crippen molar-refractivity contribution in [3.05, 3.63) is 163 Å². The molecule has 0 N–H and O–H groups in total. The van der Waals surface area contributed by atoms with Gasteiger partial charge in [0.2, 0.25) is 0 Å². The van der Waals surface area contributed by atoms with Crippen LogP contribution in [0.5, 0.6) is 0 Å². The Balaban J connectivity index is 1.37. The quantitative estimate of drug-likeness (QED) is 0.184. The van der Waals surface area contributed by atoms with Crippen LogP contribution in [0.25, 0.3) is 92.9 Å². The highest BCUT2D eigenvalue weighted by molar-refractivity contribution is 6.21. The molecule has 10 aromatic rings. The van der Waals surface area contributed by atoms with E-state index in [4.69, 9.17) is 11.0 Å². The summed E-state index contributed by atoms with van der Waals surface area (Å²) in [6, 6.07) is 51.8. The topological polar surface area (TPSA) is 51.1 Å². The van der Waals surface area contributed by atoms with Crippen LogP contribution in [-0.4, -0.2) is 9.13 Å². The molecule has 0 fully saturated rings. The van der Waals surface area contributed by atoms with Gasteiger partial charge in [0.25, 0.3) is 0 Å². The zero-order chi connectivity index (χ0) is 32.6. The summed E-state index contributed by atoms with van der Waals surface area (Å²) in [6.07, 6.45) is 0.